The van der Waals surface area contributed by atoms with Gasteiger partial charge in [-0.25, -0.2) is 4.79 Å². The summed E-state index contributed by atoms with van der Waals surface area (Å²) in [5, 5.41) is 2.65. The Hall–Kier alpha value is -1.51. The number of benzene rings is 1. The summed E-state index contributed by atoms with van der Waals surface area (Å²) >= 11 is 0. The molecular formula is C13H18N2O. The molecule has 0 unspecified atom stereocenters. The van der Waals surface area contributed by atoms with Gasteiger partial charge in [-0.3, -0.25) is 0 Å². The molecule has 3 nitrogen and oxygen atoms in total. The molecule has 1 N–H and O–H groups in total. The summed E-state index contributed by atoms with van der Waals surface area (Å²) in [5.74, 6) is 0.624. The molecule has 0 atom stereocenters. The molecule has 0 bridgehead atoms. The molecule has 2 rings (SSSR count). The van der Waals surface area contributed by atoms with Crippen LogP contribution in [0.1, 0.15) is 11.1 Å². The predicted octanol–water partition coefficient (Wildman–Crippen LogP) is 1.81. The molecule has 1 aromatic rings. The Morgan fingerprint density at radius 3 is 2.75 bits per heavy atom. The highest BCUT2D eigenvalue weighted by Gasteiger charge is 2.29. The molecule has 86 valence electrons. The van der Waals surface area contributed by atoms with Crippen molar-refractivity contribution in [2.45, 2.75) is 13.3 Å². The second-order valence-electron chi connectivity index (χ2n) is 4.46. The van der Waals surface area contributed by atoms with Crippen molar-refractivity contribution < 1.29 is 4.79 Å². The van der Waals surface area contributed by atoms with E-state index in [0.29, 0.717) is 5.92 Å². The number of carbonyl (C=O) groups excluding carboxylic acids is 1. The number of urea groups is 1. The Morgan fingerprint density at radius 1 is 1.44 bits per heavy atom. The Morgan fingerprint density at radius 2 is 2.12 bits per heavy atom. The first-order valence-electron chi connectivity index (χ1n) is 5.72. The summed E-state index contributed by atoms with van der Waals surface area (Å²) in [7, 11) is 1.68. The van der Waals surface area contributed by atoms with E-state index in [1.54, 1.807) is 7.05 Å². The lowest BCUT2D eigenvalue weighted by Crippen LogP contribution is -2.53. The smallest absolute Gasteiger partial charge is 0.317 e. The quantitative estimate of drug-likeness (QED) is 0.806. The van der Waals surface area contributed by atoms with Gasteiger partial charge in [-0.15, -0.1) is 0 Å². The van der Waals surface area contributed by atoms with Gasteiger partial charge in [0.2, 0.25) is 0 Å². The van der Waals surface area contributed by atoms with Gasteiger partial charge in [-0.2, -0.15) is 0 Å². The largest absolute Gasteiger partial charge is 0.341 e. The SMILES string of the molecule is CNC(=O)N1CC(Cc2ccccc2C)C1. The zero-order valence-corrected chi connectivity index (χ0v) is 9.86. The fourth-order valence-electron chi connectivity index (χ4n) is 2.17. The van der Waals surface area contributed by atoms with Gasteiger partial charge in [0.15, 0.2) is 0 Å². The molecule has 0 aromatic heterocycles. The summed E-state index contributed by atoms with van der Waals surface area (Å²) in [4.78, 5) is 13.1. The van der Waals surface area contributed by atoms with Crippen LogP contribution in [0.25, 0.3) is 0 Å². The molecule has 1 aromatic carbocycles. The highest BCUT2D eigenvalue weighted by molar-refractivity contribution is 5.74. The molecule has 1 heterocycles. The van der Waals surface area contributed by atoms with E-state index in [4.69, 9.17) is 0 Å². The van der Waals surface area contributed by atoms with E-state index in [9.17, 15) is 4.79 Å². The van der Waals surface area contributed by atoms with Crippen molar-refractivity contribution in [3.8, 4) is 0 Å². The topological polar surface area (TPSA) is 32.3 Å². The van der Waals surface area contributed by atoms with Crippen molar-refractivity contribution in [1.29, 1.82) is 0 Å². The number of nitrogens with one attached hydrogen (secondary N) is 1. The molecular weight excluding hydrogens is 200 g/mol. The maximum atomic E-state index is 11.3. The van der Waals surface area contributed by atoms with Crippen molar-refractivity contribution >= 4 is 6.03 Å². The molecule has 0 radical (unpaired) electrons. The lowest BCUT2D eigenvalue weighted by Gasteiger charge is -2.39. The number of hydrogen-bond donors (Lipinski definition) is 1. The van der Waals surface area contributed by atoms with Crippen LogP contribution in [0, 0.1) is 12.8 Å². The van der Waals surface area contributed by atoms with Gasteiger partial charge in [0.1, 0.15) is 0 Å². The summed E-state index contributed by atoms with van der Waals surface area (Å²) in [6.07, 6.45) is 1.08. The lowest BCUT2D eigenvalue weighted by molar-refractivity contribution is 0.122. The zero-order chi connectivity index (χ0) is 11.5. The van der Waals surface area contributed by atoms with E-state index in [0.717, 1.165) is 19.5 Å². The van der Waals surface area contributed by atoms with E-state index in [1.807, 2.05) is 4.90 Å². The zero-order valence-electron chi connectivity index (χ0n) is 9.86. The lowest BCUT2D eigenvalue weighted by atomic mass is 9.90. The number of rotatable bonds is 2. The van der Waals surface area contributed by atoms with Gasteiger partial charge in [-0.05, 0) is 30.4 Å². The maximum Gasteiger partial charge on any atom is 0.317 e. The third-order valence-electron chi connectivity index (χ3n) is 3.23. The number of likely N-dealkylation sites (tertiary alicyclic amines) is 1. The van der Waals surface area contributed by atoms with Crippen LogP contribution in [-0.2, 0) is 6.42 Å². The first-order valence-corrected chi connectivity index (χ1v) is 5.72. The Labute approximate surface area is 96.5 Å². The second-order valence-corrected chi connectivity index (χ2v) is 4.46. The molecule has 0 saturated carbocycles. The monoisotopic (exact) mass is 218 g/mol. The van der Waals surface area contributed by atoms with Crippen molar-refractivity contribution in [3.05, 3.63) is 35.4 Å². The van der Waals surface area contributed by atoms with Crippen LogP contribution < -0.4 is 5.32 Å². The molecule has 1 fully saturated rings. The van der Waals surface area contributed by atoms with Crippen LogP contribution in [0.2, 0.25) is 0 Å². The molecule has 16 heavy (non-hydrogen) atoms. The number of hydrogen-bond acceptors (Lipinski definition) is 1. The van der Waals surface area contributed by atoms with Crippen LogP contribution in [-0.4, -0.2) is 31.1 Å². The van der Waals surface area contributed by atoms with E-state index >= 15 is 0 Å². The number of carbonyl (C=O) groups is 1. The first-order chi connectivity index (χ1) is 7.70. The van der Waals surface area contributed by atoms with Gasteiger partial charge >= 0.3 is 6.03 Å². The number of nitrogens with zero attached hydrogens (tertiary/aromatic N) is 1. The standard InChI is InChI=1S/C13H18N2O/c1-10-5-3-4-6-12(10)7-11-8-15(9-11)13(16)14-2/h3-6,11H,7-9H2,1-2H3,(H,14,16). The predicted molar refractivity (Wildman–Crippen MR) is 64.4 cm³/mol. The Kier molecular flexibility index (Phi) is 3.13. The molecule has 1 saturated heterocycles. The Bertz CT molecular complexity index is 383. The van der Waals surface area contributed by atoms with Crippen LogP contribution >= 0.6 is 0 Å². The van der Waals surface area contributed by atoms with Crippen LogP contribution in [0.5, 0.6) is 0 Å². The van der Waals surface area contributed by atoms with Crippen molar-refractivity contribution in [3.63, 3.8) is 0 Å². The van der Waals surface area contributed by atoms with Crippen molar-refractivity contribution in [1.82, 2.24) is 10.2 Å². The van der Waals surface area contributed by atoms with Crippen LogP contribution in [0.4, 0.5) is 4.79 Å². The van der Waals surface area contributed by atoms with E-state index in [-0.39, 0.29) is 6.03 Å². The number of aryl methyl sites for hydroxylation is 1. The molecule has 0 aliphatic carbocycles. The highest BCUT2D eigenvalue weighted by atomic mass is 16.2. The minimum atomic E-state index is 0.0426. The van der Waals surface area contributed by atoms with Gasteiger partial charge in [0.25, 0.3) is 0 Å². The van der Waals surface area contributed by atoms with E-state index in [2.05, 4.69) is 36.5 Å². The molecule has 3 heteroatoms. The van der Waals surface area contributed by atoms with Crippen molar-refractivity contribution in [2.75, 3.05) is 20.1 Å². The third kappa shape index (κ3) is 2.18. The molecule has 0 spiro atoms. The fraction of sp³-hybridized carbons (Fsp3) is 0.462. The minimum absolute atomic E-state index is 0.0426. The first kappa shape index (κ1) is 11.0. The molecule has 1 aliphatic heterocycles. The van der Waals surface area contributed by atoms with Crippen molar-refractivity contribution in [2.24, 2.45) is 5.92 Å². The van der Waals surface area contributed by atoms with E-state index in [1.165, 1.54) is 11.1 Å². The number of amides is 2. The summed E-state index contributed by atoms with van der Waals surface area (Å²) in [5.41, 5.74) is 2.75. The molecule has 1 aliphatic rings. The fourth-order valence-corrected chi connectivity index (χ4v) is 2.17. The highest BCUT2D eigenvalue weighted by Crippen LogP contribution is 2.21. The van der Waals surface area contributed by atoms with Crippen LogP contribution in [0.15, 0.2) is 24.3 Å². The van der Waals surface area contributed by atoms with Gasteiger partial charge < -0.3 is 10.2 Å². The third-order valence-corrected chi connectivity index (χ3v) is 3.23. The summed E-state index contributed by atoms with van der Waals surface area (Å²) < 4.78 is 0. The average Bonchev–Trinajstić information content (AvgIpc) is 2.24. The second kappa shape index (κ2) is 4.56. The summed E-state index contributed by atoms with van der Waals surface area (Å²) in [6.45, 7) is 3.91. The van der Waals surface area contributed by atoms with Gasteiger partial charge in [-0.1, -0.05) is 24.3 Å². The van der Waals surface area contributed by atoms with Crippen LogP contribution in [0.3, 0.4) is 0 Å². The maximum absolute atomic E-state index is 11.3. The average molecular weight is 218 g/mol. The summed E-state index contributed by atoms with van der Waals surface area (Å²) in [6, 6.07) is 8.51. The van der Waals surface area contributed by atoms with Gasteiger partial charge in [0.05, 0.1) is 0 Å². The normalized spacial score (nSPS) is 15.8. The Balaban J connectivity index is 1.86. The minimum Gasteiger partial charge on any atom is -0.341 e. The molecule has 2 amide bonds. The van der Waals surface area contributed by atoms with Gasteiger partial charge in [0, 0.05) is 20.1 Å². The van der Waals surface area contributed by atoms with E-state index < -0.39 is 0 Å².